The molecule has 1 aliphatic heterocycles. The summed E-state index contributed by atoms with van der Waals surface area (Å²) in [5, 5.41) is 6.60. The first kappa shape index (κ1) is 49.8. The molecule has 0 radical (unpaired) electrons. The summed E-state index contributed by atoms with van der Waals surface area (Å²) in [7, 11) is -6.48. The lowest BCUT2D eigenvalue weighted by molar-refractivity contribution is -0.288. The predicted octanol–water partition coefficient (Wildman–Crippen LogP) is 11.4. The number of phenols is 1. The molecule has 2 N–H and O–H groups in total. The monoisotopic (exact) mass is 947 g/mol. The second-order valence-electron chi connectivity index (χ2n) is 20.3. The molecule has 8 rings (SSSR count). The third kappa shape index (κ3) is 11.1. The smallest absolute Gasteiger partial charge is 0.447 e. The molecule has 1 heterocycles. The number of esters is 1. The SMILES string of the molecule is CC(CC(CC(CC(C)(C)C(=O)OC1(C)C2CC3CC(C2)CC1C3)c1ccccc1)c1ccc(O)cc1)c1ccc(NC(=O)C(F)(F)S(=O)(=O)OC(CC2(C)OCCCO2)C(F)(F)F)cc1. The second-order valence-corrected chi connectivity index (χ2v) is 21.9. The zero-order valence-corrected chi connectivity index (χ0v) is 38.9. The molecular weight excluding hydrogens is 886 g/mol. The minimum Gasteiger partial charge on any atom is -0.508 e. The zero-order chi connectivity index (χ0) is 47.9. The quantitative estimate of drug-likeness (QED) is 0.0725. The number of alkyl halides is 5. The number of benzene rings is 3. The van der Waals surface area contributed by atoms with E-state index >= 15 is 8.78 Å². The lowest BCUT2D eigenvalue weighted by Gasteiger charge is -2.59. The average Bonchev–Trinajstić information content (AvgIpc) is 3.25. The van der Waals surface area contributed by atoms with Crippen molar-refractivity contribution in [3.05, 3.63) is 95.6 Å². The van der Waals surface area contributed by atoms with Crippen LogP contribution in [0, 0.1) is 29.1 Å². The van der Waals surface area contributed by atoms with Gasteiger partial charge in [-0.15, -0.1) is 0 Å². The summed E-state index contributed by atoms with van der Waals surface area (Å²) in [6, 6.07) is 22.8. The van der Waals surface area contributed by atoms with Gasteiger partial charge in [0.15, 0.2) is 11.9 Å². The van der Waals surface area contributed by atoms with E-state index in [-0.39, 0.29) is 48.4 Å². The molecule has 0 aromatic heterocycles. The topological polar surface area (TPSA) is 137 Å². The molecule has 0 spiro atoms. The number of halogens is 5. The van der Waals surface area contributed by atoms with E-state index in [1.54, 1.807) is 29.6 Å². The fraction of sp³-hybridized carbons (Fsp3) is 0.600. The number of rotatable bonds is 18. The van der Waals surface area contributed by atoms with Crippen molar-refractivity contribution in [1.82, 2.24) is 0 Å². The maximum absolute atomic E-state index is 15.2. The number of phenolic OH excluding ortho intramolecular Hbond substituents is 1. The van der Waals surface area contributed by atoms with Gasteiger partial charge in [0.05, 0.1) is 18.6 Å². The number of carbonyl (C=O) groups excluding carboxylic acids is 2. The van der Waals surface area contributed by atoms with E-state index in [9.17, 15) is 36.3 Å². The molecule has 1 amide bonds. The van der Waals surface area contributed by atoms with Crippen LogP contribution in [0.4, 0.5) is 27.6 Å². The Kier molecular flexibility index (Phi) is 14.4. The molecule has 4 bridgehead atoms. The van der Waals surface area contributed by atoms with Crippen LogP contribution in [0.15, 0.2) is 78.9 Å². The minimum atomic E-state index is -6.48. The number of nitrogens with one attached hydrogen (secondary N) is 1. The van der Waals surface area contributed by atoms with Gasteiger partial charge in [0, 0.05) is 12.1 Å². The Balaban J connectivity index is 1.04. The highest BCUT2D eigenvalue weighted by Gasteiger charge is 2.60. The van der Waals surface area contributed by atoms with Crippen LogP contribution in [0.1, 0.15) is 133 Å². The van der Waals surface area contributed by atoms with Gasteiger partial charge >= 0.3 is 33.4 Å². The van der Waals surface area contributed by atoms with Crippen molar-refractivity contribution in [3.8, 4) is 5.75 Å². The highest BCUT2D eigenvalue weighted by atomic mass is 32.2. The van der Waals surface area contributed by atoms with Crippen molar-refractivity contribution in [3.63, 3.8) is 0 Å². The molecule has 5 aliphatic rings. The highest BCUT2D eigenvalue weighted by Crippen LogP contribution is 2.60. The van der Waals surface area contributed by atoms with Gasteiger partial charge in [0.1, 0.15) is 11.4 Å². The highest BCUT2D eigenvalue weighted by molar-refractivity contribution is 7.88. The normalized spacial score (nSPS) is 26.0. The Morgan fingerprint density at radius 3 is 1.89 bits per heavy atom. The van der Waals surface area contributed by atoms with Crippen molar-refractivity contribution in [2.45, 2.75) is 146 Å². The van der Waals surface area contributed by atoms with Crippen LogP contribution in [0.25, 0.3) is 0 Å². The second kappa shape index (κ2) is 19.1. The Hall–Kier alpha value is -4.12. The zero-order valence-electron chi connectivity index (χ0n) is 38.1. The van der Waals surface area contributed by atoms with Crippen LogP contribution in [0.2, 0.25) is 0 Å². The number of ether oxygens (including phenoxy) is 3. The van der Waals surface area contributed by atoms with Crippen LogP contribution in [0.3, 0.4) is 0 Å². The molecule has 362 valence electrons. The lowest BCUT2D eigenvalue weighted by atomic mass is 9.50. The van der Waals surface area contributed by atoms with E-state index in [1.807, 2.05) is 51.1 Å². The Labute approximate surface area is 384 Å². The summed E-state index contributed by atoms with van der Waals surface area (Å²) < 4.78 is 118. The summed E-state index contributed by atoms with van der Waals surface area (Å²) in [5.74, 6) is -2.59. The third-order valence-corrected chi connectivity index (χ3v) is 16.1. The molecular formula is C50H62F5NO9S. The van der Waals surface area contributed by atoms with Crippen LogP contribution in [0.5, 0.6) is 5.75 Å². The van der Waals surface area contributed by atoms with Crippen LogP contribution >= 0.6 is 0 Å². The van der Waals surface area contributed by atoms with Gasteiger partial charge < -0.3 is 24.6 Å². The van der Waals surface area contributed by atoms with Crippen LogP contribution < -0.4 is 5.32 Å². The molecule has 1 saturated heterocycles. The molecule has 4 unspecified atom stereocenters. The molecule has 5 fully saturated rings. The van der Waals surface area contributed by atoms with Crippen LogP contribution in [-0.4, -0.2) is 67.5 Å². The minimum absolute atomic E-state index is 0.00381. The predicted molar refractivity (Wildman–Crippen MR) is 237 cm³/mol. The van der Waals surface area contributed by atoms with E-state index in [0.29, 0.717) is 37.5 Å². The summed E-state index contributed by atoms with van der Waals surface area (Å²) in [6.45, 7) is 9.16. The fourth-order valence-corrected chi connectivity index (χ4v) is 12.1. The van der Waals surface area contributed by atoms with Gasteiger partial charge in [-0.1, -0.05) is 61.5 Å². The number of carbonyl (C=O) groups is 2. The molecule has 3 aromatic carbocycles. The first-order chi connectivity index (χ1) is 30.9. The molecule has 16 heteroatoms. The molecule has 4 aliphatic carbocycles. The average molecular weight is 948 g/mol. The fourth-order valence-electron chi connectivity index (χ4n) is 11.2. The van der Waals surface area contributed by atoms with E-state index in [2.05, 4.69) is 23.2 Å². The molecule has 66 heavy (non-hydrogen) atoms. The van der Waals surface area contributed by atoms with Crippen LogP contribution in [-0.2, 0) is 38.1 Å². The Morgan fingerprint density at radius 1 is 0.788 bits per heavy atom. The standard InChI is InChI=1S/C50H62F5NO9S/c1-31(34-12-16-41(17-13-34)56-44(58)50(54,55)66(60,61)65-43(49(51,52)53)30-47(4)62-20-9-21-63-47)22-37(36-14-18-42(57)19-15-36)28-38(35-10-7-6-8-11-35)29-46(2,3)45(59)64-48(5)39-24-32-23-33(26-39)27-40(48)25-32/h6-8,10-19,31-33,37-40,43,57H,9,20-30H2,1-5H3,(H,56,58). The van der Waals surface area contributed by atoms with E-state index in [1.165, 1.54) is 18.6 Å². The number of aromatic hydroxyl groups is 1. The van der Waals surface area contributed by atoms with Gasteiger partial charge in [-0.3, -0.25) is 13.8 Å². The van der Waals surface area contributed by atoms with Crippen molar-refractivity contribution in [2.75, 3.05) is 18.5 Å². The van der Waals surface area contributed by atoms with Crippen molar-refractivity contribution >= 4 is 27.7 Å². The van der Waals surface area contributed by atoms with Gasteiger partial charge in [0.2, 0.25) is 0 Å². The summed E-state index contributed by atoms with van der Waals surface area (Å²) in [4.78, 5) is 27.1. The maximum atomic E-state index is 15.2. The van der Waals surface area contributed by atoms with Crippen molar-refractivity contribution in [1.29, 1.82) is 0 Å². The molecule has 4 saturated carbocycles. The largest absolute Gasteiger partial charge is 0.508 e. The third-order valence-electron chi connectivity index (χ3n) is 14.8. The Bertz CT molecular complexity index is 2240. The summed E-state index contributed by atoms with van der Waals surface area (Å²) >= 11 is 0. The number of amides is 1. The molecule has 10 nitrogen and oxygen atoms in total. The summed E-state index contributed by atoms with van der Waals surface area (Å²) in [5.41, 5.74) is 1.23. The van der Waals surface area contributed by atoms with E-state index in [4.69, 9.17) is 14.2 Å². The Morgan fingerprint density at radius 2 is 1.33 bits per heavy atom. The van der Waals surface area contributed by atoms with E-state index < -0.39 is 56.8 Å². The van der Waals surface area contributed by atoms with Gasteiger partial charge in [-0.2, -0.15) is 30.4 Å². The van der Waals surface area contributed by atoms with Gasteiger partial charge in [0.25, 0.3) is 0 Å². The van der Waals surface area contributed by atoms with Gasteiger partial charge in [-0.25, -0.2) is 0 Å². The molecule has 3 aromatic rings. The first-order valence-corrected chi connectivity index (χ1v) is 24.4. The number of anilines is 1. The number of hydrogen-bond acceptors (Lipinski definition) is 9. The lowest BCUT2D eigenvalue weighted by Crippen LogP contribution is -2.58. The van der Waals surface area contributed by atoms with Crippen molar-refractivity contribution in [2.24, 2.45) is 29.1 Å². The van der Waals surface area contributed by atoms with Gasteiger partial charge in [-0.05, 0) is 168 Å². The van der Waals surface area contributed by atoms with Crippen molar-refractivity contribution < 1.29 is 63.5 Å². The first-order valence-electron chi connectivity index (χ1n) is 23.0. The summed E-state index contributed by atoms with van der Waals surface area (Å²) in [6.07, 6.45) is -2.18. The maximum Gasteiger partial charge on any atom is 0.447 e. The van der Waals surface area contributed by atoms with E-state index in [0.717, 1.165) is 61.1 Å². The number of hydrogen-bond donors (Lipinski definition) is 2. The molecule has 4 atom stereocenters.